The van der Waals surface area contributed by atoms with Crippen molar-refractivity contribution in [1.82, 2.24) is 9.88 Å². The molecule has 8 heteroatoms. The van der Waals surface area contributed by atoms with E-state index in [1.807, 2.05) is 37.9 Å². The maximum Gasteiger partial charge on any atom is 0.398 e. The Kier molecular flexibility index (Phi) is 7.17. The minimum absolute atomic E-state index is 0.384. The second-order valence-corrected chi connectivity index (χ2v) is 7.53. The van der Waals surface area contributed by atoms with E-state index >= 15 is 0 Å². The number of rotatable bonds is 5. The Labute approximate surface area is 166 Å². The molecule has 0 atom stereocenters. The monoisotopic (exact) mass is 415 g/mol. The maximum atomic E-state index is 12.6. The molecule has 0 unspecified atom stereocenters. The normalized spacial score (nSPS) is 12.4. The van der Waals surface area contributed by atoms with Crippen LogP contribution >= 0.6 is 23.4 Å². The second kappa shape index (κ2) is 8.97. The first-order valence-corrected chi connectivity index (χ1v) is 9.69. The van der Waals surface area contributed by atoms with Gasteiger partial charge in [-0.25, -0.2) is 9.98 Å². The summed E-state index contributed by atoms with van der Waals surface area (Å²) in [5.41, 5.74) is 3.12. The topological polar surface area (TPSA) is 28.5 Å². The molecular weight excluding hydrogens is 395 g/mol. The zero-order valence-corrected chi connectivity index (χ0v) is 17.1. The van der Waals surface area contributed by atoms with Crippen molar-refractivity contribution < 1.29 is 13.2 Å². The Hall–Kier alpha value is -1.73. The highest BCUT2D eigenvalue weighted by atomic mass is 35.5. The third-order valence-electron chi connectivity index (χ3n) is 3.93. The molecule has 0 saturated carbocycles. The zero-order chi connectivity index (χ0) is 20.2. The van der Waals surface area contributed by atoms with Gasteiger partial charge in [0.2, 0.25) is 0 Å². The van der Waals surface area contributed by atoms with Gasteiger partial charge in [0.05, 0.1) is 11.4 Å². The molecule has 0 aliphatic rings. The van der Waals surface area contributed by atoms with Crippen LogP contribution in [0.1, 0.15) is 23.6 Å². The van der Waals surface area contributed by atoms with E-state index in [4.69, 9.17) is 16.6 Å². The number of aryl methyl sites for hydroxylation is 2. The first-order valence-electron chi connectivity index (χ1n) is 8.33. The van der Waals surface area contributed by atoms with Crippen LogP contribution in [0, 0.1) is 13.8 Å². The Balaban J connectivity index is 2.47. The molecule has 0 saturated heterocycles. The lowest BCUT2D eigenvalue weighted by atomic mass is 10.1. The lowest BCUT2D eigenvalue weighted by molar-refractivity contribution is -0.105. The molecule has 1 heterocycles. The van der Waals surface area contributed by atoms with Crippen LogP contribution in [0.3, 0.4) is 0 Å². The summed E-state index contributed by atoms with van der Waals surface area (Å²) < 4.78 is 37.8. The molecule has 1 aromatic carbocycles. The number of nitrogens with zero attached hydrogens (tertiary/aromatic N) is 3. The molecular formula is C19H21ClF3N3S. The minimum atomic E-state index is -4.21. The van der Waals surface area contributed by atoms with Crippen molar-refractivity contribution in [2.75, 3.05) is 19.3 Å². The summed E-state index contributed by atoms with van der Waals surface area (Å²) in [6.07, 6.45) is -2.58. The molecule has 27 heavy (non-hydrogen) atoms. The third kappa shape index (κ3) is 6.14. The molecule has 0 aliphatic heterocycles. The summed E-state index contributed by atoms with van der Waals surface area (Å²) in [5.74, 6) is -0.247. The SMILES string of the molecule is CCN(C)C(=Nc1cc(SCC(F)(F)F)c(C)cc1C)c1ccc(Cl)nc1. The summed E-state index contributed by atoms with van der Waals surface area (Å²) in [6.45, 7) is 6.41. The summed E-state index contributed by atoms with van der Waals surface area (Å²) >= 11 is 6.64. The molecule has 0 fully saturated rings. The molecule has 0 aliphatic carbocycles. The van der Waals surface area contributed by atoms with Gasteiger partial charge in [-0.05, 0) is 50.1 Å². The van der Waals surface area contributed by atoms with Gasteiger partial charge >= 0.3 is 6.18 Å². The molecule has 146 valence electrons. The Morgan fingerprint density at radius 3 is 2.48 bits per heavy atom. The standard InChI is InChI=1S/C19H21ClF3N3S/c1-5-26(4)18(14-6-7-17(20)24-10-14)25-15-9-16(13(3)8-12(15)2)27-11-19(21,22)23/h6-10H,5,11H2,1-4H3. The molecule has 0 amide bonds. The predicted molar refractivity (Wildman–Crippen MR) is 106 cm³/mol. The van der Waals surface area contributed by atoms with Crippen molar-refractivity contribution in [3.63, 3.8) is 0 Å². The predicted octanol–water partition coefficient (Wildman–Crippen LogP) is 6.04. The number of aromatic nitrogens is 1. The van der Waals surface area contributed by atoms with Crippen molar-refractivity contribution in [2.45, 2.75) is 31.8 Å². The molecule has 1 aromatic heterocycles. The van der Waals surface area contributed by atoms with E-state index in [2.05, 4.69) is 4.98 Å². The van der Waals surface area contributed by atoms with Crippen LogP contribution in [0.5, 0.6) is 0 Å². The van der Waals surface area contributed by atoms with E-state index in [1.165, 1.54) is 0 Å². The van der Waals surface area contributed by atoms with Crippen molar-refractivity contribution in [1.29, 1.82) is 0 Å². The minimum Gasteiger partial charge on any atom is -0.359 e. The Morgan fingerprint density at radius 1 is 1.22 bits per heavy atom. The summed E-state index contributed by atoms with van der Waals surface area (Å²) in [4.78, 5) is 11.4. The van der Waals surface area contributed by atoms with Gasteiger partial charge in [-0.15, -0.1) is 11.8 Å². The van der Waals surface area contributed by atoms with Crippen LogP contribution in [-0.4, -0.2) is 41.2 Å². The lowest BCUT2D eigenvalue weighted by Crippen LogP contribution is -2.27. The molecule has 0 N–H and O–H groups in total. The van der Waals surface area contributed by atoms with Gasteiger partial charge in [0.1, 0.15) is 11.0 Å². The van der Waals surface area contributed by atoms with Crippen LogP contribution in [0.4, 0.5) is 18.9 Å². The zero-order valence-electron chi connectivity index (χ0n) is 15.6. The number of hydrogen-bond donors (Lipinski definition) is 0. The van der Waals surface area contributed by atoms with Gasteiger partial charge in [-0.2, -0.15) is 13.2 Å². The summed E-state index contributed by atoms with van der Waals surface area (Å²) in [7, 11) is 1.90. The smallest absolute Gasteiger partial charge is 0.359 e. The van der Waals surface area contributed by atoms with Crippen LogP contribution < -0.4 is 0 Å². The summed E-state index contributed by atoms with van der Waals surface area (Å²) in [6, 6.07) is 7.08. The van der Waals surface area contributed by atoms with Gasteiger partial charge in [-0.3, -0.25) is 0 Å². The number of aliphatic imine (C=N–C) groups is 1. The third-order valence-corrected chi connectivity index (χ3v) is 5.38. The van der Waals surface area contributed by atoms with Crippen LogP contribution in [0.15, 0.2) is 40.4 Å². The first kappa shape index (κ1) is 21.6. The number of hydrogen-bond acceptors (Lipinski definition) is 3. The van der Waals surface area contributed by atoms with Gasteiger partial charge < -0.3 is 4.90 Å². The van der Waals surface area contributed by atoms with E-state index in [0.29, 0.717) is 28.1 Å². The average Bonchev–Trinajstić information content (AvgIpc) is 2.59. The van der Waals surface area contributed by atoms with E-state index in [0.717, 1.165) is 28.5 Å². The van der Waals surface area contributed by atoms with Crippen LogP contribution in [-0.2, 0) is 0 Å². The maximum absolute atomic E-state index is 12.6. The van der Waals surface area contributed by atoms with Crippen molar-refractivity contribution in [3.8, 4) is 0 Å². The van der Waals surface area contributed by atoms with Gasteiger partial charge in [0.25, 0.3) is 0 Å². The van der Waals surface area contributed by atoms with Crippen LogP contribution in [0.2, 0.25) is 5.15 Å². The Morgan fingerprint density at radius 2 is 1.93 bits per heavy atom. The average molecular weight is 416 g/mol. The van der Waals surface area contributed by atoms with Crippen molar-refractivity contribution >= 4 is 34.9 Å². The highest BCUT2D eigenvalue weighted by molar-refractivity contribution is 7.99. The van der Waals surface area contributed by atoms with E-state index < -0.39 is 11.9 Å². The fourth-order valence-corrected chi connectivity index (χ4v) is 3.31. The molecule has 2 aromatic rings. The molecule has 0 bridgehead atoms. The number of alkyl halides is 3. The van der Waals surface area contributed by atoms with E-state index in [9.17, 15) is 13.2 Å². The van der Waals surface area contributed by atoms with Crippen molar-refractivity contribution in [3.05, 3.63) is 52.3 Å². The quantitative estimate of drug-likeness (QED) is 0.258. The molecule has 0 spiro atoms. The lowest BCUT2D eigenvalue weighted by Gasteiger charge is -2.20. The van der Waals surface area contributed by atoms with Gasteiger partial charge in [0.15, 0.2) is 0 Å². The largest absolute Gasteiger partial charge is 0.398 e. The number of thioether (sulfide) groups is 1. The summed E-state index contributed by atoms with van der Waals surface area (Å²) in [5, 5.41) is 0.384. The van der Waals surface area contributed by atoms with E-state index in [1.54, 1.807) is 25.3 Å². The number of amidine groups is 1. The number of halogens is 4. The number of pyridine rings is 1. The van der Waals surface area contributed by atoms with Crippen molar-refractivity contribution in [2.24, 2.45) is 4.99 Å². The fourth-order valence-electron chi connectivity index (χ4n) is 2.40. The van der Waals surface area contributed by atoms with Crippen LogP contribution in [0.25, 0.3) is 0 Å². The van der Waals surface area contributed by atoms with E-state index in [-0.39, 0.29) is 0 Å². The second-order valence-electron chi connectivity index (χ2n) is 6.13. The Bertz CT molecular complexity index is 820. The fraction of sp³-hybridized carbons (Fsp3) is 0.368. The number of benzene rings is 1. The highest BCUT2D eigenvalue weighted by Gasteiger charge is 2.27. The molecule has 2 rings (SSSR count). The first-order chi connectivity index (χ1) is 12.6. The highest BCUT2D eigenvalue weighted by Crippen LogP contribution is 2.34. The molecule has 0 radical (unpaired) electrons. The van der Waals surface area contributed by atoms with Gasteiger partial charge in [0, 0.05) is 30.2 Å². The van der Waals surface area contributed by atoms with Gasteiger partial charge in [-0.1, -0.05) is 17.7 Å². The molecule has 3 nitrogen and oxygen atoms in total.